The molecule has 2 aliphatic rings. The summed E-state index contributed by atoms with van der Waals surface area (Å²) < 4.78 is 0. The lowest BCUT2D eigenvalue weighted by Gasteiger charge is -2.36. The largest absolute Gasteiger partial charge is 0.363 e. The van der Waals surface area contributed by atoms with Crippen molar-refractivity contribution in [2.75, 3.05) is 6.54 Å². The van der Waals surface area contributed by atoms with Gasteiger partial charge in [0.05, 0.1) is 12.1 Å². The molecule has 42 heavy (non-hydrogen) atoms. The number of ketones is 2. The van der Waals surface area contributed by atoms with E-state index in [0.717, 1.165) is 5.92 Å². The third-order valence-corrected chi connectivity index (χ3v) is 7.38. The van der Waals surface area contributed by atoms with Gasteiger partial charge in [-0.1, -0.05) is 84.7 Å². The highest BCUT2D eigenvalue weighted by Gasteiger charge is 2.42. The van der Waals surface area contributed by atoms with Crippen molar-refractivity contribution >= 4 is 35.3 Å². The smallest absolute Gasteiger partial charge is 0.316 e. The number of Topliss-reactive ketones (excluding diaryl/α,β-unsaturated/α-hetero) is 2. The van der Waals surface area contributed by atoms with E-state index in [1.807, 2.05) is 13.8 Å². The molecular weight excluding hydrogens is 538 g/mol. The summed E-state index contributed by atoms with van der Waals surface area (Å²) in [6.45, 7) is 12.9. The summed E-state index contributed by atoms with van der Waals surface area (Å²) in [6.07, 6.45) is 3.88. The van der Waals surface area contributed by atoms with E-state index in [-0.39, 0.29) is 18.2 Å². The van der Waals surface area contributed by atoms with Crippen LogP contribution in [0.2, 0.25) is 0 Å². The second kappa shape index (κ2) is 14.9. The molecule has 3 unspecified atom stereocenters. The number of carbonyl (C=O) groups is 6. The van der Waals surface area contributed by atoms with Crippen molar-refractivity contribution in [2.24, 2.45) is 23.0 Å². The molecule has 11 heteroatoms. The Balaban J connectivity index is 0.00000141. The maximum absolute atomic E-state index is 13.6. The van der Waals surface area contributed by atoms with E-state index in [1.165, 1.54) is 24.7 Å². The van der Waals surface area contributed by atoms with Crippen molar-refractivity contribution < 1.29 is 28.8 Å². The number of urea groups is 1. The molecule has 4 atom stereocenters. The molecule has 232 valence electrons. The van der Waals surface area contributed by atoms with Crippen molar-refractivity contribution in [2.45, 2.75) is 98.3 Å². The Hall–Kier alpha value is -3.76. The van der Waals surface area contributed by atoms with Crippen LogP contribution < -0.4 is 21.7 Å². The lowest BCUT2D eigenvalue weighted by molar-refractivity contribution is -0.143. The van der Waals surface area contributed by atoms with E-state index in [2.05, 4.69) is 22.9 Å². The third-order valence-electron chi connectivity index (χ3n) is 7.38. The van der Waals surface area contributed by atoms with Crippen LogP contribution in [0.25, 0.3) is 0 Å². The van der Waals surface area contributed by atoms with Gasteiger partial charge in [0.15, 0.2) is 5.78 Å². The minimum absolute atomic E-state index is 0.214. The lowest BCUT2D eigenvalue weighted by Crippen LogP contribution is -2.61. The van der Waals surface area contributed by atoms with Crippen molar-refractivity contribution in [1.29, 1.82) is 0 Å². The summed E-state index contributed by atoms with van der Waals surface area (Å²) in [4.78, 5) is 76.9. The Morgan fingerprint density at radius 2 is 1.48 bits per heavy atom. The maximum Gasteiger partial charge on any atom is 0.316 e. The number of amides is 5. The summed E-state index contributed by atoms with van der Waals surface area (Å²) in [5, 5.41) is 7.89. The molecular formula is C31H47N5O6. The first kappa shape index (κ1) is 34.4. The first-order valence-corrected chi connectivity index (χ1v) is 14.6. The molecule has 1 aromatic rings. The molecule has 0 spiro atoms. The minimum Gasteiger partial charge on any atom is -0.363 e. The Kier molecular flexibility index (Phi) is 12.2. The monoisotopic (exact) mass is 585 g/mol. The van der Waals surface area contributed by atoms with Crippen molar-refractivity contribution in [1.82, 2.24) is 20.9 Å². The fraction of sp³-hybridized carbons (Fsp3) is 0.613. The van der Waals surface area contributed by atoms with Crippen LogP contribution in [0.5, 0.6) is 0 Å². The number of nitrogens with zero attached hydrogens (tertiary/aromatic N) is 1. The predicted molar refractivity (Wildman–Crippen MR) is 159 cm³/mol. The number of likely N-dealkylation sites (tertiary alicyclic amines) is 1. The molecule has 0 aromatic heterocycles. The van der Waals surface area contributed by atoms with Crippen LogP contribution >= 0.6 is 0 Å². The van der Waals surface area contributed by atoms with Crippen molar-refractivity contribution in [3.8, 4) is 0 Å². The van der Waals surface area contributed by atoms with Gasteiger partial charge in [0.25, 0.3) is 5.91 Å². The Labute approximate surface area is 248 Å². The van der Waals surface area contributed by atoms with Crippen LogP contribution in [0.1, 0.15) is 84.5 Å². The van der Waals surface area contributed by atoms with Gasteiger partial charge in [-0.3, -0.25) is 24.0 Å². The van der Waals surface area contributed by atoms with Crippen LogP contribution in [0, 0.1) is 17.3 Å². The number of nitrogens with two attached hydrogens (primary N) is 1. The second-order valence-corrected chi connectivity index (χ2v) is 12.7. The van der Waals surface area contributed by atoms with E-state index < -0.39 is 59.1 Å². The van der Waals surface area contributed by atoms with Gasteiger partial charge in [0, 0.05) is 12.1 Å². The molecule has 0 bridgehead atoms. The van der Waals surface area contributed by atoms with Crippen molar-refractivity contribution in [3.63, 3.8) is 0 Å². The van der Waals surface area contributed by atoms with E-state index in [1.54, 1.807) is 51.1 Å². The van der Waals surface area contributed by atoms with Gasteiger partial charge in [0.1, 0.15) is 12.1 Å². The van der Waals surface area contributed by atoms with Gasteiger partial charge in [-0.2, -0.15) is 0 Å². The number of hydrogen-bond donors (Lipinski definition) is 4. The van der Waals surface area contributed by atoms with Gasteiger partial charge in [-0.05, 0) is 37.0 Å². The van der Waals surface area contributed by atoms with Gasteiger partial charge >= 0.3 is 6.03 Å². The first-order valence-electron chi connectivity index (χ1n) is 14.6. The Bertz CT molecular complexity index is 1140. The molecule has 1 aliphatic heterocycles. The van der Waals surface area contributed by atoms with Crippen LogP contribution in [-0.2, 0) is 19.2 Å². The average molecular weight is 586 g/mol. The highest BCUT2D eigenvalue weighted by molar-refractivity contribution is 6.37. The van der Waals surface area contributed by atoms with E-state index in [4.69, 9.17) is 5.73 Å². The number of primary amides is 1. The number of benzene rings is 1. The standard InChI is InChI=1S/C27H39N5O6.C4H8/c1-15(2)19(21(34)17-11-8-7-9-12-17)30-26(38)31-22(27(4,5)6)25(37)32-14-10-13-18(32)24(36)29-16(3)20(33)23(28)35;1-4-2-3-4/h7-9,11-12,15-16,18-19,22H,10,13-14H2,1-6H3,(H2,28,35)(H,29,36)(H2,30,31,38);4H,2-3H2,1H3/t16?,18-,19?,22?;/m0./s1. The number of carbonyl (C=O) groups excluding carboxylic acids is 6. The van der Waals surface area contributed by atoms with Gasteiger partial charge < -0.3 is 26.6 Å². The van der Waals surface area contributed by atoms with E-state index in [9.17, 15) is 28.8 Å². The molecule has 0 radical (unpaired) electrons. The molecule has 3 rings (SSSR count). The van der Waals surface area contributed by atoms with E-state index in [0.29, 0.717) is 18.4 Å². The first-order chi connectivity index (χ1) is 19.5. The van der Waals surface area contributed by atoms with E-state index >= 15 is 0 Å². The fourth-order valence-corrected chi connectivity index (χ4v) is 4.50. The highest BCUT2D eigenvalue weighted by atomic mass is 16.2. The number of rotatable bonds is 10. The quantitative estimate of drug-likeness (QED) is 0.243. The summed E-state index contributed by atoms with van der Waals surface area (Å²) in [7, 11) is 0. The SMILES string of the molecule is CC(NC(=O)[C@@H]1CCCN1C(=O)C(NC(=O)NC(C(=O)c1ccccc1)C(C)C)C(C)(C)C)C(=O)C(N)=O.CC1CC1. The van der Waals surface area contributed by atoms with Gasteiger partial charge in [-0.15, -0.1) is 0 Å². The summed E-state index contributed by atoms with van der Waals surface area (Å²) in [5.74, 6) is -2.52. The van der Waals surface area contributed by atoms with Crippen LogP contribution in [0.15, 0.2) is 30.3 Å². The molecule has 11 nitrogen and oxygen atoms in total. The number of nitrogens with one attached hydrogen (secondary N) is 3. The molecule has 1 saturated carbocycles. The normalized spacial score (nSPS) is 18.6. The second-order valence-electron chi connectivity index (χ2n) is 12.7. The lowest BCUT2D eigenvalue weighted by atomic mass is 9.85. The van der Waals surface area contributed by atoms with Gasteiger partial charge in [0.2, 0.25) is 17.6 Å². The Morgan fingerprint density at radius 3 is 1.95 bits per heavy atom. The zero-order valence-electron chi connectivity index (χ0n) is 25.9. The summed E-state index contributed by atoms with van der Waals surface area (Å²) >= 11 is 0. The maximum atomic E-state index is 13.6. The molecule has 1 saturated heterocycles. The van der Waals surface area contributed by atoms with Gasteiger partial charge in [-0.25, -0.2) is 4.79 Å². The molecule has 1 aliphatic carbocycles. The van der Waals surface area contributed by atoms with Crippen molar-refractivity contribution in [3.05, 3.63) is 35.9 Å². The molecule has 5 amide bonds. The number of hydrogen-bond acceptors (Lipinski definition) is 6. The Morgan fingerprint density at radius 1 is 0.905 bits per heavy atom. The third kappa shape index (κ3) is 9.95. The topological polar surface area (TPSA) is 168 Å². The molecule has 2 fully saturated rings. The highest BCUT2D eigenvalue weighted by Crippen LogP contribution is 2.27. The predicted octanol–water partition coefficient (Wildman–Crippen LogP) is 2.57. The molecule has 1 heterocycles. The molecule has 5 N–H and O–H groups in total. The fourth-order valence-electron chi connectivity index (χ4n) is 4.50. The minimum atomic E-state index is -1.16. The summed E-state index contributed by atoms with van der Waals surface area (Å²) in [5.41, 5.74) is 4.74. The van der Waals surface area contributed by atoms with Crippen LogP contribution in [-0.4, -0.2) is 70.9 Å². The zero-order chi connectivity index (χ0) is 31.8. The molecule has 1 aromatic carbocycles. The summed E-state index contributed by atoms with van der Waals surface area (Å²) in [6, 6.07) is 4.12. The van der Waals surface area contributed by atoms with Crippen LogP contribution in [0.3, 0.4) is 0 Å². The average Bonchev–Trinajstić information content (AvgIpc) is 3.54. The van der Waals surface area contributed by atoms with Crippen LogP contribution in [0.4, 0.5) is 4.79 Å². The zero-order valence-corrected chi connectivity index (χ0v) is 25.9.